The van der Waals surface area contributed by atoms with Crippen LogP contribution in [-0.2, 0) is 4.74 Å². The molecule has 1 unspecified atom stereocenters. The number of nitrogens with one attached hydrogen (secondary N) is 1. The van der Waals surface area contributed by atoms with Crippen molar-refractivity contribution in [2.45, 2.75) is 57.9 Å². The number of methoxy groups -OCH3 is 1. The third kappa shape index (κ3) is 7.66. The van der Waals surface area contributed by atoms with E-state index in [2.05, 4.69) is 42.6 Å². The van der Waals surface area contributed by atoms with Crippen molar-refractivity contribution in [2.75, 3.05) is 20.3 Å². The van der Waals surface area contributed by atoms with Gasteiger partial charge in [-0.25, -0.2) is 0 Å². The van der Waals surface area contributed by atoms with Crippen LogP contribution in [0, 0.1) is 0 Å². The molecule has 2 heteroatoms. The van der Waals surface area contributed by atoms with E-state index in [0.717, 1.165) is 13.2 Å². The topological polar surface area (TPSA) is 21.3 Å². The molecule has 0 aliphatic heterocycles. The molecular formula is C18H31NO. The highest BCUT2D eigenvalue weighted by molar-refractivity contribution is 5.18. The van der Waals surface area contributed by atoms with E-state index in [1.807, 2.05) is 0 Å². The van der Waals surface area contributed by atoms with Crippen molar-refractivity contribution in [1.29, 1.82) is 0 Å². The van der Waals surface area contributed by atoms with Crippen molar-refractivity contribution in [2.24, 2.45) is 0 Å². The molecule has 0 aromatic heterocycles. The first kappa shape index (κ1) is 17.2. The molecule has 0 saturated heterocycles. The third-order valence-corrected chi connectivity index (χ3v) is 3.71. The summed E-state index contributed by atoms with van der Waals surface area (Å²) in [5, 5.41) is 3.73. The summed E-state index contributed by atoms with van der Waals surface area (Å²) in [5.41, 5.74) is 1.43. The lowest BCUT2D eigenvalue weighted by Gasteiger charge is -2.19. The van der Waals surface area contributed by atoms with Crippen LogP contribution in [0.1, 0.15) is 63.5 Å². The van der Waals surface area contributed by atoms with E-state index in [9.17, 15) is 0 Å². The fourth-order valence-corrected chi connectivity index (χ4v) is 2.49. The molecule has 0 radical (unpaired) electrons. The summed E-state index contributed by atoms with van der Waals surface area (Å²) >= 11 is 0. The molecule has 0 heterocycles. The van der Waals surface area contributed by atoms with Crippen LogP contribution in [0.2, 0.25) is 0 Å². The molecule has 1 atom stereocenters. The first-order chi connectivity index (χ1) is 9.88. The second-order valence-corrected chi connectivity index (χ2v) is 5.47. The predicted octanol–water partition coefficient (Wildman–Crippen LogP) is 4.71. The van der Waals surface area contributed by atoms with Gasteiger partial charge in [0.1, 0.15) is 0 Å². The minimum atomic E-state index is 0.519. The number of hydrogen-bond acceptors (Lipinski definition) is 2. The van der Waals surface area contributed by atoms with Crippen LogP contribution in [-0.4, -0.2) is 20.3 Å². The summed E-state index contributed by atoms with van der Waals surface area (Å²) in [4.78, 5) is 0. The van der Waals surface area contributed by atoms with Crippen LogP contribution in [0.25, 0.3) is 0 Å². The van der Waals surface area contributed by atoms with E-state index in [1.165, 1.54) is 50.5 Å². The van der Waals surface area contributed by atoms with Gasteiger partial charge in [0.15, 0.2) is 0 Å². The van der Waals surface area contributed by atoms with Gasteiger partial charge < -0.3 is 10.1 Å². The van der Waals surface area contributed by atoms with Gasteiger partial charge in [0.25, 0.3) is 0 Å². The molecule has 1 aromatic rings. The molecule has 2 nitrogen and oxygen atoms in total. The van der Waals surface area contributed by atoms with Crippen LogP contribution in [0.5, 0.6) is 0 Å². The van der Waals surface area contributed by atoms with Crippen molar-refractivity contribution in [1.82, 2.24) is 5.32 Å². The van der Waals surface area contributed by atoms with Crippen molar-refractivity contribution >= 4 is 0 Å². The number of benzene rings is 1. The van der Waals surface area contributed by atoms with Gasteiger partial charge >= 0.3 is 0 Å². The van der Waals surface area contributed by atoms with Crippen molar-refractivity contribution < 1.29 is 4.74 Å². The summed E-state index contributed by atoms with van der Waals surface area (Å²) in [6, 6.07) is 11.4. The quantitative estimate of drug-likeness (QED) is 0.558. The molecule has 1 N–H and O–H groups in total. The standard InChI is InChI=1S/C18H31NO/c1-3-4-7-14-18(17-12-8-5-9-13-17)19-15-10-6-11-16-20-2/h5,8-9,12-13,18-19H,3-4,6-7,10-11,14-16H2,1-2H3. The Morgan fingerprint density at radius 2 is 1.80 bits per heavy atom. The maximum atomic E-state index is 5.08. The van der Waals surface area contributed by atoms with Crippen LogP contribution in [0.3, 0.4) is 0 Å². The molecule has 0 spiro atoms. The van der Waals surface area contributed by atoms with E-state index >= 15 is 0 Å². The first-order valence-corrected chi connectivity index (χ1v) is 8.15. The Hall–Kier alpha value is -0.860. The molecule has 20 heavy (non-hydrogen) atoms. The third-order valence-electron chi connectivity index (χ3n) is 3.71. The van der Waals surface area contributed by atoms with Crippen LogP contribution in [0.4, 0.5) is 0 Å². The summed E-state index contributed by atoms with van der Waals surface area (Å²) in [7, 11) is 1.78. The maximum Gasteiger partial charge on any atom is 0.0462 e. The van der Waals surface area contributed by atoms with Gasteiger partial charge in [-0.15, -0.1) is 0 Å². The highest BCUT2D eigenvalue weighted by atomic mass is 16.5. The Kier molecular flexibility index (Phi) is 10.3. The Labute approximate surface area is 124 Å². The van der Waals surface area contributed by atoms with Crippen molar-refractivity contribution in [3.63, 3.8) is 0 Å². The largest absolute Gasteiger partial charge is 0.385 e. The van der Waals surface area contributed by atoms with Gasteiger partial charge in [-0.3, -0.25) is 0 Å². The monoisotopic (exact) mass is 277 g/mol. The number of ether oxygens (including phenoxy) is 1. The molecular weight excluding hydrogens is 246 g/mol. The summed E-state index contributed by atoms with van der Waals surface area (Å²) < 4.78 is 5.08. The average Bonchev–Trinajstić information content (AvgIpc) is 2.50. The van der Waals surface area contributed by atoms with E-state index in [0.29, 0.717) is 6.04 Å². The number of hydrogen-bond donors (Lipinski definition) is 1. The number of unbranched alkanes of at least 4 members (excludes halogenated alkanes) is 4. The molecule has 1 aromatic carbocycles. The fraction of sp³-hybridized carbons (Fsp3) is 0.667. The highest BCUT2D eigenvalue weighted by Gasteiger charge is 2.09. The lowest BCUT2D eigenvalue weighted by molar-refractivity contribution is 0.192. The molecule has 0 fully saturated rings. The Bertz CT molecular complexity index is 312. The summed E-state index contributed by atoms with van der Waals surface area (Å²) in [6.07, 6.45) is 8.84. The highest BCUT2D eigenvalue weighted by Crippen LogP contribution is 2.19. The fourth-order valence-electron chi connectivity index (χ4n) is 2.49. The Morgan fingerprint density at radius 3 is 2.50 bits per heavy atom. The van der Waals surface area contributed by atoms with E-state index < -0.39 is 0 Å². The minimum Gasteiger partial charge on any atom is -0.385 e. The van der Waals surface area contributed by atoms with Crippen LogP contribution >= 0.6 is 0 Å². The maximum absolute atomic E-state index is 5.08. The van der Waals surface area contributed by atoms with E-state index in [-0.39, 0.29) is 0 Å². The summed E-state index contributed by atoms with van der Waals surface area (Å²) in [6.45, 7) is 4.26. The molecule has 114 valence electrons. The lowest BCUT2D eigenvalue weighted by atomic mass is 10.0. The van der Waals surface area contributed by atoms with Crippen molar-refractivity contribution in [3.8, 4) is 0 Å². The SMILES string of the molecule is CCCCCC(NCCCCCOC)c1ccccc1. The second kappa shape index (κ2) is 11.9. The molecule has 0 amide bonds. The first-order valence-electron chi connectivity index (χ1n) is 8.15. The predicted molar refractivity (Wildman–Crippen MR) is 87.1 cm³/mol. The van der Waals surface area contributed by atoms with Gasteiger partial charge in [-0.2, -0.15) is 0 Å². The van der Waals surface area contributed by atoms with Gasteiger partial charge in [-0.05, 0) is 37.8 Å². The Balaban J connectivity index is 2.31. The zero-order valence-electron chi connectivity index (χ0n) is 13.2. The van der Waals surface area contributed by atoms with Crippen molar-refractivity contribution in [3.05, 3.63) is 35.9 Å². The Morgan fingerprint density at radius 1 is 1.00 bits per heavy atom. The molecule has 0 aliphatic rings. The zero-order valence-corrected chi connectivity index (χ0v) is 13.2. The molecule has 0 aliphatic carbocycles. The van der Waals surface area contributed by atoms with Gasteiger partial charge in [0.05, 0.1) is 0 Å². The van der Waals surface area contributed by atoms with E-state index in [4.69, 9.17) is 4.74 Å². The smallest absolute Gasteiger partial charge is 0.0462 e. The van der Waals surface area contributed by atoms with Gasteiger partial charge in [-0.1, -0.05) is 56.5 Å². The van der Waals surface area contributed by atoms with Gasteiger partial charge in [0, 0.05) is 19.8 Å². The molecule has 0 saturated carbocycles. The zero-order chi connectivity index (χ0) is 14.5. The second-order valence-electron chi connectivity index (χ2n) is 5.47. The molecule has 0 bridgehead atoms. The normalized spacial score (nSPS) is 12.5. The van der Waals surface area contributed by atoms with Crippen LogP contribution in [0.15, 0.2) is 30.3 Å². The van der Waals surface area contributed by atoms with E-state index in [1.54, 1.807) is 7.11 Å². The van der Waals surface area contributed by atoms with Gasteiger partial charge in [0.2, 0.25) is 0 Å². The average molecular weight is 277 g/mol. The number of rotatable bonds is 12. The molecule has 1 rings (SSSR count). The van der Waals surface area contributed by atoms with Crippen LogP contribution < -0.4 is 5.32 Å². The summed E-state index contributed by atoms with van der Waals surface area (Å²) in [5.74, 6) is 0. The minimum absolute atomic E-state index is 0.519. The lowest BCUT2D eigenvalue weighted by Crippen LogP contribution is -2.22.